The van der Waals surface area contributed by atoms with E-state index in [1.807, 2.05) is 195 Å². The Bertz CT molecular complexity index is 7000. The molecule has 0 aliphatic heterocycles. The van der Waals surface area contributed by atoms with Crippen LogP contribution in [0.3, 0.4) is 0 Å². The first-order chi connectivity index (χ1) is 69.7. The zero-order valence-corrected chi connectivity index (χ0v) is 84.9. The number of methoxy groups -OCH3 is 1. The number of carbonyl (C=O) groups is 3. The van der Waals surface area contributed by atoms with Crippen LogP contribution in [0.25, 0.3) is 0 Å². The zero-order valence-electron chi connectivity index (χ0n) is 77.6. The fourth-order valence-corrected chi connectivity index (χ4v) is 27.6. The van der Waals surface area contributed by atoms with E-state index < -0.39 is 65.5 Å². The van der Waals surface area contributed by atoms with Gasteiger partial charge in [-0.25, -0.2) is 25.3 Å². The second-order valence-electron chi connectivity index (χ2n) is 30.8. The minimum Gasteiger partial charge on any atom is -0.748 e. The van der Waals surface area contributed by atoms with Crippen molar-refractivity contribution in [1.29, 1.82) is 0 Å². The van der Waals surface area contributed by atoms with Gasteiger partial charge < -0.3 is 32.6 Å². The molecule has 0 aliphatic rings. The van der Waals surface area contributed by atoms with Crippen molar-refractivity contribution in [3.63, 3.8) is 0 Å². The number of esters is 3. The average molecular weight is 2080 g/mol. The Hall–Kier alpha value is -14.6. The quantitative estimate of drug-likeness (QED) is 0.0105. The van der Waals surface area contributed by atoms with Crippen molar-refractivity contribution < 1.29 is 77.2 Å². The summed E-state index contributed by atoms with van der Waals surface area (Å²) >= 11 is 0. The van der Waals surface area contributed by atoms with Crippen LogP contribution in [-0.2, 0) is 110 Å². The van der Waals surface area contributed by atoms with E-state index in [-0.39, 0.29) is 93.2 Å². The highest BCUT2D eigenvalue weighted by atomic mass is 32.2. The van der Waals surface area contributed by atoms with Crippen LogP contribution in [0, 0.1) is 17.0 Å². The molecule has 18 rings (SSSR count). The molecule has 19 nitrogen and oxygen atoms in total. The van der Waals surface area contributed by atoms with Gasteiger partial charge in [0.05, 0.1) is 77.4 Å². The monoisotopic (exact) mass is 2080 g/mol. The summed E-state index contributed by atoms with van der Waals surface area (Å²) in [7, 11) is -13.7. The third-order valence-corrected chi connectivity index (χ3v) is 35.5. The molecule has 0 N–H and O–H groups in total. The maximum Gasteiger partial charge on any atom is 0.325 e. The molecular formula is C116H96NO18S9+3. The Balaban J connectivity index is 0.000000146. The van der Waals surface area contributed by atoms with Gasteiger partial charge in [0.25, 0.3) is 5.69 Å². The topological polar surface area (TPSA) is 303 Å². The lowest BCUT2D eigenvalue weighted by Crippen LogP contribution is -2.20. The van der Waals surface area contributed by atoms with E-state index in [9.17, 15) is 63.4 Å². The fraction of sp³-hybridized carbons (Fsp3) is 0.0431. The van der Waals surface area contributed by atoms with Crippen molar-refractivity contribution in [2.75, 3.05) is 24.4 Å². The molecule has 0 aromatic heterocycles. The number of non-ortho nitro benzene ring substituents is 1. The van der Waals surface area contributed by atoms with Gasteiger partial charge in [-0.1, -0.05) is 236 Å². The molecule has 0 heterocycles. The Morgan fingerprint density at radius 2 is 0.347 bits per heavy atom. The summed E-state index contributed by atoms with van der Waals surface area (Å²) in [6, 6.07) is 168. The minimum atomic E-state index is -4.66. The summed E-state index contributed by atoms with van der Waals surface area (Å²) in [6.45, 7) is 2.04. The van der Waals surface area contributed by atoms with Crippen LogP contribution in [0.4, 0.5) is 5.69 Å². The van der Waals surface area contributed by atoms with Crippen LogP contribution in [-0.4, -0.2) is 86.1 Å². The molecule has 0 radical (unpaired) electrons. The number of aryl methyl sites for hydroxylation is 1. The van der Waals surface area contributed by atoms with Crippen molar-refractivity contribution in [2.45, 2.75) is 95.0 Å². The predicted molar refractivity (Wildman–Crippen MR) is 567 cm³/mol. The predicted octanol–water partition coefficient (Wildman–Crippen LogP) is 24.3. The lowest BCUT2D eigenvalue weighted by Gasteiger charge is -2.10. The van der Waals surface area contributed by atoms with Crippen LogP contribution in [0.2, 0.25) is 0 Å². The summed E-state index contributed by atoms with van der Waals surface area (Å²) in [5.41, 5.74) is 1.30. The van der Waals surface area contributed by atoms with Gasteiger partial charge in [0, 0.05) is 24.3 Å². The number of ether oxygens (including phenoxy) is 4. The standard InChI is InChI=1S/C21H18O5S2.2C20H16O5S2.C19H17OS.C18H14NO2S.C18H15S/c1-16-7-11-19(12-8-16)27(18-5-3-2-4-6-18)20-13-9-17(10-14-20)26-21(22)15-28(23,24)25;2*21-20(15-27(22,23)24)25-16-11-13-19(14-12-16)26(17-7-3-1-4-8-17)18-9-5-2-6-10-18;1-20-16-12-14-19(15-13-16)21(17-8-4-2-5-9-17)18-10-6-3-7-11-18;20-19(21)15-11-13-18(14-12-15)22(16-7-3-1-4-8-16)17-9-5-2-6-10-17;1-4-10-16(11-5-1)19(17-12-6-2-7-13-17)18-14-8-3-9-15-18/h2-14H,15H2,1H3;2*1-14H,15H2;2-15H,1H3;1-14H;1-15H/q;;;3*+1. The number of rotatable bonds is 29. The van der Waals surface area contributed by atoms with Crippen molar-refractivity contribution in [1.82, 2.24) is 0 Å². The maximum atomic E-state index is 11.5. The van der Waals surface area contributed by atoms with Crippen molar-refractivity contribution in [3.05, 3.63) is 525 Å². The number of hydrogen-bond donors (Lipinski definition) is 0. The van der Waals surface area contributed by atoms with Gasteiger partial charge in [0.15, 0.2) is 88.1 Å². The molecule has 0 aliphatic carbocycles. The Labute approximate surface area is 856 Å². The lowest BCUT2D eigenvalue weighted by atomic mass is 10.2. The first kappa shape index (κ1) is 107. The number of nitro groups is 1. The van der Waals surface area contributed by atoms with Gasteiger partial charge in [0.1, 0.15) is 70.6 Å². The van der Waals surface area contributed by atoms with Gasteiger partial charge in [-0.15, -0.1) is 0 Å². The second-order valence-corrected chi connectivity index (χ2v) is 47.1. The van der Waals surface area contributed by atoms with Crippen LogP contribution >= 0.6 is 0 Å². The number of carbonyl (C=O) groups excluding carboxylic acids is 3. The summed E-state index contributed by atoms with van der Waals surface area (Å²) in [5.74, 6) is -5.38. The molecule has 1 unspecified atom stereocenters. The summed E-state index contributed by atoms with van der Waals surface area (Å²) in [6.07, 6.45) is 0. The van der Waals surface area contributed by atoms with E-state index >= 15 is 0 Å². The number of nitro benzene ring substituents is 1. The zero-order chi connectivity index (χ0) is 101. The van der Waals surface area contributed by atoms with E-state index in [0.717, 1.165) is 54.7 Å². The molecule has 0 amide bonds. The highest BCUT2D eigenvalue weighted by molar-refractivity contribution is 7.98. The third kappa shape index (κ3) is 33.5. The smallest absolute Gasteiger partial charge is 0.325 e. The highest BCUT2D eigenvalue weighted by Crippen LogP contribution is 2.39. The van der Waals surface area contributed by atoms with E-state index in [1.165, 1.54) is 44.7 Å². The van der Waals surface area contributed by atoms with Gasteiger partial charge in [0.2, 0.25) is 0 Å². The third-order valence-electron chi connectivity index (χ3n) is 20.3. The number of nitrogens with zero attached hydrogens (tertiary/aromatic N) is 1. The molecule has 144 heavy (non-hydrogen) atoms. The van der Waals surface area contributed by atoms with Gasteiger partial charge in [-0.2, -0.15) is 0 Å². The van der Waals surface area contributed by atoms with E-state index in [2.05, 4.69) is 273 Å². The van der Waals surface area contributed by atoms with Crippen LogP contribution in [0.1, 0.15) is 5.56 Å². The van der Waals surface area contributed by atoms with Gasteiger partial charge >= 0.3 is 17.9 Å². The van der Waals surface area contributed by atoms with Crippen molar-refractivity contribution >= 4 is 119 Å². The SMILES string of the molecule is COc1ccc([S+](c2ccccc2)c2ccccc2)cc1.Cc1ccc([S+](c2ccccc2)c2ccc(OC(=O)CS(=O)(=O)[O-])cc2)cc1.O=C(CS(=O)(=O)[O-])Oc1ccc([S+](c2ccccc2)c2ccccc2)cc1.O=C(CS(=O)(=O)[O-])Oc1ccc([S+](c2ccccc2)c2ccccc2)cc1.O=[N+]([O-])c1ccc([S+](c2ccccc2)c2ccccc2)cc1.c1ccc([S+](c2ccccc2)c2ccccc2)cc1. The molecule has 0 saturated heterocycles. The largest absolute Gasteiger partial charge is 0.748 e. The fourth-order valence-electron chi connectivity index (χ4n) is 14.1. The van der Waals surface area contributed by atoms with E-state index in [0.29, 0.717) is 0 Å². The minimum absolute atomic E-state index is 0.0146. The highest BCUT2D eigenvalue weighted by Gasteiger charge is 2.35. The molecule has 0 fully saturated rings. The second kappa shape index (κ2) is 54.0. The van der Waals surface area contributed by atoms with Crippen LogP contribution < -0.4 is 18.9 Å². The Kier molecular flexibility index (Phi) is 40.0. The molecule has 1 atom stereocenters. The van der Waals surface area contributed by atoms with Gasteiger partial charge in [-0.3, -0.25) is 24.5 Å². The molecule has 18 aromatic carbocycles. The van der Waals surface area contributed by atoms with Crippen molar-refractivity contribution in [2.24, 2.45) is 0 Å². The first-order valence-electron chi connectivity index (χ1n) is 44.5. The normalized spacial score (nSPS) is 11.2. The molecular weight excluding hydrogens is 1980 g/mol. The summed E-state index contributed by atoms with van der Waals surface area (Å²) in [5, 5.41) is 10.8. The van der Waals surface area contributed by atoms with Crippen LogP contribution in [0.15, 0.2) is 598 Å². The summed E-state index contributed by atoms with van der Waals surface area (Å²) in [4.78, 5) is 66.4. The van der Waals surface area contributed by atoms with Gasteiger partial charge in [-0.05, 0) is 262 Å². The molecule has 18 aromatic rings. The Morgan fingerprint density at radius 1 is 0.215 bits per heavy atom. The molecule has 0 saturated carbocycles. The lowest BCUT2D eigenvalue weighted by molar-refractivity contribution is -0.384. The molecule has 0 bridgehead atoms. The van der Waals surface area contributed by atoms with E-state index in [4.69, 9.17) is 18.9 Å². The van der Waals surface area contributed by atoms with Crippen molar-refractivity contribution in [3.8, 4) is 23.0 Å². The number of hydrogen-bond acceptors (Lipinski definition) is 18. The first-order valence-corrected chi connectivity index (χ1v) is 56.6. The molecule has 724 valence electrons. The molecule has 28 heteroatoms. The van der Waals surface area contributed by atoms with E-state index in [1.54, 1.807) is 55.6 Å². The maximum absolute atomic E-state index is 11.5. The van der Waals surface area contributed by atoms with Crippen LogP contribution in [0.5, 0.6) is 23.0 Å². The number of benzene rings is 18. The molecule has 0 spiro atoms. The Morgan fingerprint density at radius 3 is 0.486 bits per heavy atom. The average Bonchev–Trinajstić information content (AvgIpc) is 0.853. The summed E-state index contributed by atoms with van der Waals surface area (Å²) < 4.78 is 116.